The third-order valence-electron chi connectivity index (χ3n) is 6.01. The number of piperidine rings is 1. The average Bonchev–Trinajstić information content (AvgIpc) is 2.83. The van der Waals surface area contributed by atoms with E-state index in [1.54, 1.807) is 0 Å². The van der Waals surface area contributed by atoms with Gasteiger partial charge in [0.25, 0.3) is 5.91 Å². The third-order valence-corrected chi connectivity index (χ3v) is 6.01. The highest BCUT2D eigenvalue weighted by Gasteiger charge is 2.30. The summed E-state index contributed by atoms with van der Waals surface area (Å²) in [5.41, 5.74) is 2.79. The van der Waals surface area contributed by atoms with Crippen LogP contribution in [0.4, 0.5) is 13.2 Å². The molecule has 176 valence electrons. The first-order valence-corrected chi connectivity index (χ1v) is 11.3. The number of rotatable bonds is 6. The van der Waals surface area contributed by atoms with Crippen LogP contribution in [0.5, 0.6) is 5.75 Å². The normalized spacial score (nSPS) is 17.5. The molecule has 33 heavy (non-hydrogen) atoms. The van der Waals surface area contributed by atoms with Gasteiger partial charge in [0.15, 0.2) is 6.61 Å². The number of hydrogen-bond donors (Lipinski definition) is 0. The van der Waals surface area contributed by atoms with Crippen LogP contribution in [0.3, 0.4) is 0 Å². The molecule has 4 rings (SSSR count). The molecule has 1 saturated heterocycles. The molecule has 8 heteroatoms. The zero-order valence-corrected chi connectivity index (χ0v) is 18.4. The molecule has 0 spiro atoms. The fourth-order valence-corrected chi connectivity index (χ4v) is 4.18. The summed E-state index contributed by atoms with van der Waals surface area (Å²) < 4.78 is 43.8. The molecular formula is C25H27F3N2O3. The van der Waals surface area contributed by atoms with Gasteiger partial charge in [-0.05, 0) is 80.0 Å². The number of alkyl halides is 3. The number of hydrogen-bond acceptors (Lipinski definition) is 4. The molecule has 2 aliphatic rings. The Labute approximate surface area is 191 Å². The number of aryl methyl sites for hydroxylation is 1. The van der Waals surface area contributed by atoms with E-state index >= 15 is 0 Å². The number of benzene rings is 2. The van der Waals surface area contributed by atoms with Gasteiger partial charge in [0.1, 0.15) is 12.4 Å². The van der Waals surface area contributed by atoms with Gasteiger partial charge in [-0.2, -0.15) is 13.2 Å². The van der Waals surface area contributed by atoms with Crippen LogP contribution in [-0.2, 0) is 28.8 Å². The van der Waals surface area contributed by atoms with Crippen molar-refractivity contribution in [3.05, 3.63) is 64.7 Å². The van der Waals surface area contributed by atoms with Crippen LogP contribution in [0.15, 0.2) is 47.6 Å². The zero-order chi connectivity index (χ0) is 23.3. The first kappa shape index (κ1) is 23.1. The smallest absolute Gasteiger partial charge is 0.416 e. The van der Waals surface area contributed by atoms with Crippen LogP contribution in [0.2, 0.25) is 0 Å². The molecule has 0 bridgehead atoms. The van der Waals surface area contributed by atoms with Gasteiger partial charge in [0.2, 0.25) is 0 Å². The fraction of sp³-hybridized carbons (Fsp3) is 0.440. The van der Waals surface area contributed by atoms with Crippen molar-refractivity contribution < 1.29 is 27.5 Å². The van der Waals surface area contributed by atoms with Crippen LogP contribution in [-0.4, -0.2) is 36.2 Å². The van der Waals surface area contributed by atoms with E-state index in [2.05, 4.69) is 5.16 Å². The van der Waals surface area contributed by atoms with E-state index in [4.69, 9.17) is 9.57 Å². The van der Waals surface area contributed by atoms with Gasteiger partial charge >= 0.3 is 6.18 Å². The summed E-state index contributed by atoms with van der Waals surface area (Å²) in [6.45, 7) is 1.74. The van der Waals surface area contributed by atoms with Crippen LogP contribution >= 0.6 is 0 Å². The van der Waals surface area contributed by atoms with Crippen molar-refractivity contribution in [2.24, 2.45) is 5.16 Å². The van der Waals surface area contributed by atoms with Crippen molar-refractivity contribution in [3.63, 3.8) is 0 Å². The predicted octanol–water partition coefficient (Wildman–Crippen LogP) is 5.35. The molecule has 0 atom stereocenters. The lowest BCUT2D eigenvalue weighted by atomic mass is 9.90. The molecule has 0 unspecified atom stereocenters. The average molecular weight is 460 g/mol. The summed E-state index contributed by atoms with van der Waals surface area (Å²) in [7, 11) is 0. The maximum Gasteiger partial charge on any atom is 0.416 e. The Kier molecular flexibility index (Phi) is 7.20. The highest BCUT2D eigenvalue weighted by molar-refractivity contribution is 6.02. The van der Waals surface area contributed by atoms with Gasteiger partial charge < -0.3 is 14.5 Å². The topological polar surface area (TPSA) is 51.1 Å². The van der Waals surface area contributed by atoms with Crippen molar-refractivity contribution in [3.8, 4) is 5.75 Å². The quantitative estimate of drug-likeness (QED) is 0.546. The summed E-state index contributed by atoms with van der Waals surface area (Å²) in [4.78, 5) is 19.6. The van der Waals surface area contributed by atoms with Gasteiger partial charge in [-0.15, -0.1) is 0 Å². The van der Waals surface area contributed by atoms with Crippen LogP contribution in [0.1, 0.15) is 54.4 Å². The molecule has 0 N–H and O–H groups in total. The van der Waals surface area contributed by atoms with E-state index in [0.717, 1.165) is 74.2 Å². The number of carbonyl (C=O) groups excluding carboxylic acids is 1. The highest BCUT2D eigenvalue weighted by atomic mass is 19.4. The van der Waals surface area contributed by atoms with E-state index in [-0.39, 0.29) is 19.1 Å². The molecule has 2 aromatic carbocycles. The Balaban J connectivity index is 1.34. The van der Waals surface area contributed by atoms with Crippen molar-refractivity contribution >= 4 is 11.6 Å². The molecule has 1 heterocycles. The second-order valence-electron chi connectivity index (χ2n) is 8.41. The second kappa shape index (κ2) is 10.3. The number of likely N-dealkylation sites (tertiary alicyclic amines) is 1. The van der Waals surface area contributed by atoms with Crippen molar-refractivity contribution in [1.29, 1.82) is 0 Å². The summed E-state index contributed by atoms with van der Waals surface area (Å²) >= 11 is 0. The molecule has 0 saturated carbocycles. The standard InChI is InChI=1S/C25H27F3N2O3/c26-25(27,28)20-9-7-18(8-10-20)16-33-29-23-6-4-5-19-15-21(11-12-22(19)23)32-17-24(31)30-13-2-1-3-14-30/h7-12,15H,1-6,13-14,16-17H2/b29-23-. The Morgan fingerprint density at radius 1 is 0.970 bits per heavy atom. The molecule has 0 radical (unpaired) electrons. The van der Waals surface area contributed by atoms with E-state index < -0.39 is 11.7 Å². The lowest BCUT2D eigenvalue weighted by Gasteiger charge is -2.26. The minimum Gasteiger partial charge on any atom is -0.484 e. The molecular weight excluding hydrogens is 433 g/mol. The van der Waals surface area contributed by atoms with Gasteiger partial charge in [-0.25, -0.2) is 0 Å². The van der Waals surface area contributed by atoms with Gasteiger partial charge in [0, 0.05) is 18.7 Å². The Hall–Kier alpha value is -3.03. The maximum atomic E-state index is 12.7. The Morgan fingerprint density at radius 3 is 2.45 bits per heavy atom. The number of fused-ring (bicyclic) bond motifs is 1. The van der Waals surface area contributed by atoms with E-state index in [1.165, 1.54) is 18.6 Å². The lowest BCUT2D eigenvalue weighted by molar-refractivity contribution is -0.137. The molecule has 1 aliphatic heterocycles. The number of carbonyl (C=O) groups is 1. The number of oxime groups is 1. The minimum atomic E-state index is -4.35. The molecule has 0 aromatic heterocycles. The molecule has 1 aliphatic carbocycles. The van der Waals surface area contributed by atoms with Gasteiger partial charge in [-0.1, -0.05) is 17.3 Å². The zero-order valence-electron chi connectivity index (χ0n) is 18.4. The maximum absolute atomic E-state index is 12.7. The highest BCUT2D eigenvalue weighted by Crippen LogP contribution is 2.29. The van der Waals surface area contributed by atoms with E-state index in [1.807, 2.05) is 23.1 Å². The predicted molar refractivity (Wildman–Crippen MR) is 118 cm³/mol. The minimum absolute atomic E-state index is 0.0198. The molecule has 1 fully saturated rings. The second-order valence-corrected chi connectivity index (χ2v) is 8.41. The summed E-state index contributed by atoms with van der Waals surface area (Å²) in [6.07, 6.45) is 1.47. The third kappa shape index (κ3) is 6.06. The summed E-state index contributed by atoms with van der Waals surface area (Å²) in [5, 5.41) is 4.25. The number of nitrogens with zero attached hydrogens (tertiary/aromatic N) is 2. The Morgan fingerprint density at radius 2 is 1.73 bits per heavy atom. The van der Waals surface area contributed by atoms with Crippen molar-refractivity contribution in [1.82, 2.24) is 4.90 Å². The summed E-state index contributed by atoms with van der Waals surface area (Å²) in [6, 6.07) is 10.6. The summed E-state index contributed by atoms with van der Waals surface area (Å²) in [5.74, 6) is 0.678. The van der Waals surface area contributed by atoms with E-state index in [9.17, 15) is 18.0 Å². The molecule has 2 aromatic rings. The number of halogens is 3. The molecule has 1 amide bonds. The van der Waals surface area contributed by atoms with Gasteiger partial charge in [-0.3, -0.25) is 4.79 Å². The van der Waals surface area contributed by atoms with Crippen molar-refractivity contribution in [2.75, 3.05) is 19.7 Å². The first-order valence-electron chi connectivity index (χ1n) is 11.3. The van der Waals surface area contributed by atoms with E-state index in [0.29, 0.717) is 11.3 Å². The SMILES string of the molecule is O=C(COc1ccc2c(c1)CCC/C2=N/OCc1ccc(C(F)(F)F)cc1)N1CCCCC1. The van der Waals surface area contributed by atoms with Crippen LogP contribution in [0, 0.1) is 0 Å². The van der Waals surface area contributed by atoms with Crippen molar-refractivity contribution in [2.45, 2.75) is 51.3 Å². The molecule has 5 nitrogen and oxygen atoms in total. The largest absolute Gasteiger partial charge is 0.484 e. The van der Waals surface area contributed by atoms with Crippen LogP contribution in [0.25, 0.3) is 0 Å². The van der Waals surface area contributed by atoms with Gasteiger partial charge in [0.05, 0.1) is 11.3 Å². The monoisotopic (exact) mass is 460 g/mol. The van der Waals surface area contributed by atoms with Crippen LogP contribution < -0.4 is 4.74 Å². The number of ether oxygens (including phenoxy) is 1. The number of amides is 1. The first-order chi connectivity index (χ1) is 15.9. The fourth-order valence-electron chi connectivity index (χ4n) is 4.18. The lowest BCUT2D eigenvalue weighted by Crippen LogP contribution is -2.38. The Bertz CT molecular complexity index is 997.